The summed E-state index contributed by atoms with van der Waals surface area (Å²) in [6.45, 7) is 6.94. The normalized spacial score (nSPS) is 10.3. The number of carbonyl (C=O) groups excluding carboxylic acids is 2. The summed E-state index contributed by atoms with van der Waals surface area (Å²) in [5.41, 5.74) is 2.71. The summed E-state index contributed by atoms with van der Waals surface area (Å²) in [6, 6.07) is 14.4. The Morgan fingerprint density at radius 1 is 0.963 bits per heavy atom. The van der Waals surface area contributed by atoms with Crippen molar-refractivity contribution in [1.82, 2.24) is 5.32 Å². The Morgan fingerprint density at radius 3 is 2.19 bits per heavy atom. The van der Waals surface area contributed by atoms with Crippen LogP contribution in [-0.4, -0.2) is 45.2 Å². The quantitative estimate of drug-likeness (QED) is 0.666. The SMILES string of the molecule is CCN(CC)c1ccc(NC(=O)c2cccc(C(=O)NCCOC)c2)cc1. The third-order valence-electron chi connectivity index (χ3n) is 4.23. The molecule has 2 aromatic rings. The Morgan fingerprint density at radius 2 is 1.59 bits per heavy atom. The van der Waals surface area contributed by atoms with Gasteiger partial charge in [0.2, 0.25) is 0 Å². The molecule has 0 bridgehead atoms. The summed E-state index contributed by atoms with van der Waals surface area (Å²) >= 11 is 0. The average Bonchev–Trinajstić information content (AvgIpc) is 2.70. The van der Waals surface area contributed by atoms with Crippen LogP contribution in [0.4, 0.5) is 11.4 Å². The molecule has 27 heavy (non-hydrogen) atoms. The molecule has 0 aliphatic rings. The standard InChI is InChI=1S/C21H27N3O3/c1-4-24(5-2)19-11-9-18(10-12-19)23-21(26)17-8-6-7-16(15-17)20(25)22-13-14-27-3/h6-12,15H,4-5,13-14H2,1-3H3,(H,22,25)(H,23,26). The highest BCUT2D eigenvalue weighted by Crippen LogP contribution is 2.18. The lowest BCUT2D eigenvalue weighted by atomic mass is 10.1. The van der Waals surface area contributed by atoms with Crippen LogP contribution in [0.2, 0.25) is 0 Å². The van der Waals surface area contributed by atoms with E-state index < -0.39 is 0 Å². The molecule has 2 N–H and O–H groups in total. The van der Waals surface area contributed by atoms with Crippen LogP contribution in [0.5, 0.6) is 0 Å². The van der Waals surface area contributed by atoms with Crippen LogP contribution < -0.4 is 15.5 Å². The maximum atomic E-state index is 12.5. The highest BCUT2D eigenvalue weighted by molar-refractivity contribution is 6.06. The van der Waals surface area contributed by atoms with Crippen LogP contribution >= 0.6 is 0 Å². The molecular formula is C21H27N3O3. The van der Waals surface area contributed by atoms with Crippen LogP contribution in [0.1, 0.15) is 34.6 Å². The molecule has 0 heterocycles. The van der Waals surface area contributed by atoms with Crippen LogP contribution in [0.3, 0.4) is 0 Å². The average molecular weight is 369 g/mol. The fourth-order valence-corrected chi connectivity index (χ4v) is 2.72. The minimum Gasteiger partial charge on any atom is -0.383 e. The highest BCUT2D eigenvalue weighted by Gasteiger charge is 2.11. The summed E-state index contributed by atoms with van der Waals surface area (Å²) in [6.07, 6.45) is 0. The Balaban J connectivity index is 2.03. The van der Waals surface area contributed by atoms with Crippen molar-refractivity contribution in [3.05, 3.63) is 59.7 Å². The van der Waals surface area contributed by atoms with Gasteiger partial charge in [-0.25, -0.2) is 0 Å². The summed E-state index contributed by atoms with van der Waals surface area (Å²) in [4.78, 5) is 26.8. The Kier molecular flexibility index (Phi) is 7.82. The van der Waals surface area contributed by atoms with Gasteiger partial charge in [0.1, 0.15) is 0 Å². The first-order valence-electron chi connectivity index (χ1n) is 9.12. The number of ether oxygens (including phenoxy) is 1. The summed E-state index contributed by atoms with van der Waals surface area (Å²) in [7, 11) is 1.58. The summed E-state index contributed by atoms with van der Waals surface area (Å²) in [5, 5.41) is 5.61. The number of nitrogens with zero attached hydrogens (tertiary/aromatic N) is 1. The molecule has 0 saturated heterocycles. The summed E-state index contributed by atoms with van der Waals surface area (Å²) in [5.74, 6) is -0.484. The first kappa shape index (κ1) is 20.5. The van der Waals surface area contributed by atoms with Crippen molar-refractivity contribution in [3.8, 4) is 0 Å². The Bertz CT molecular complexity index is 756. The van der Waals surface area contributed by atoms with Crippen LogP contribution in [0.25, 0.3) is 0 Å². The minimum atomic E-state index is -0.253. The van der Waals surface area contributed by atoms with E-state index in [4.69, 9.17) is 4.74 Å². The zero-order valence-electron chi connectivity index (χ0n) is 16.1. The van der Waals surface area contributed by atoms with E-state index in [0.29, 0.717) is 30.0 Å². The number of hydrogen-bond acceptors (Lipinski definition) is 4. The van der Waals surface area contributed by atoms with Gasteiger partial charge in [-0.3, -0.25) is 9.59 Å². The molecule has 0 radical (unpaired) electrons. The molecule has 2 rings (SSSR count). The molecule has 0 fully saturated rings. The van der Waals surface area contributed by atoms with E-state index in [1.165, 1.54) is 0 Å². The molecule has 0 saturated carbocycles. The zero-order valence-corrected chi connectivity index (χ0v) is 16.1. The molecule has 2 amide bonds. The largest absolute Gasteiger partial charge is 0.383 e. The molecule has 0 atom stereocenters. The number of benzene rings is 2. The summed E-state index contributed by atoms with van der Waals surface area (Å²) < 4.78 is 4.91. The fraction of sp³-hybridized carbons (Fsp3) is 0.333. The first-order chi connectivity index (χ1) is 13.1. The number of nitrogens with one attached hydrogen (secondary N) is 2. The monoisotopic (exact) mass is 369 g/mol. The van der Waals surface area contributed by atoms with Gasteiger partial charge in [0.25, 0.3) is 11.8 Å². The van der Waals surface area contributed by atoms with Gasteiger partial charge < -0.3 is 20.3 Å². The molecule has 0 aliphatic carbocycles. The van der Waals surface area contributed by atoms with E-state index in [1.807, 2.05) is 24.3 Å². The van der Waals surface area contributed by atoms with Crippen molar-refractivity contribution in [3.63, 3.8) is 0 Å². The lowest BCUT2D eigenvalue weighted by Gasteiger charge is -2.21. The molecule has 0 spiro atoms. The second-order valence-corrected chi connectivity index (χ2v) is 6.00. The molecule has 6 nitrogen and oxygen atoms in total. The van der Waals surface area contributed by atoms with Crippen molar-refractivity contribution >= 4 is 23.2 Å². The van der Waals surface area contributed by atoms with Crippen molar-refractivity contribution in [2.75, 3.05) is 43.6 Å². The van der Waals surface area contributed by atoms with Gasteiger partial charge in [0.15, 0.2) is 0 Å². The van der Waals surface area contributed by atoms with Crippen LogP contribution in [0, 0.1) is 0 Å². The fourth-order valence-electron chi connectivity index (χ4n) is 2.72. The Hall–Kier alpha value is -2.86. The van der Waals surface area contributed by atoms with Crippen molar-refractivity contribution in [1.29, 1.82) is 0 Å². The van der Waals surface area contributed by atoms with Gasteiger partial charge in [-0.1, -0.05) is 6.07 Å². The zero-order chi connectivity index (χ0) is 19.6. The third-order valence-corrected chi connectivity index (χ3v) is 4.23. The van der Waals surface area contributed by atoms with Crippen LogP contribution in [0.15, 0.2) is 48.5 Å². The van der Waals surface area contributed by atoms with Crippen molar-refractivity contribution < 1.29 is 14.3 Å². The maximum absolute atomic E-state index is 12.5. The maximum Gasteiger partial charge on any atom is 0.255 e. The number of amides is 2. The highest BCUT2D eigenvalue weighted by atomic mass is 16.5. The number of rotatable bonds is 9. The van der Waals surface area contributed by atoms with E-state index in [9.17, 15) is 9.59 Å². The first-order valence-corrected chi connectivity index (χ1v) is 9.12. The van der Waals surface area contributed by atoms with E-state index in [1.54, 1.807) is 31.4 Å². The minimum absolute atomic E-state index is 0.231. The van der Waals surface area contributed by atoms with Gasteiger partial charge in [-0.05, 0) is 56.3 Å². The van der Waals surface area contributed by atoms with E-state index >= 15 is 0 Å². The van der Waals surface area contributed by atoms with Crippen LogP contribution in [-0.2, 0) is 4.74 Å². The number of methoxy groups -OCH3 is 1. The second-order valence-electron chi connectivity index (χ2n) is 6.00. The smallest absolute Gasteiger partial charge is 0.255 e. The predicted octanol–water partition coefficient (Wildman–Crippen LogP) is 3.16. The van der Waals surface area contributed by atoms with E-state index in [2.05, 4.69) is 29.4 Å². The molecule has 144 valence electrons. The van der Waals surface area contributed by atoms with Gasteiger partial charge in [-0.15, -0.1) is 0 Å². The van der Waals surface area contributed by atoms with Gasteiger partial charge in [-0.2, -0.15) is 0 Å². The second kappa shape index (κ2) is 10.3. The van der Waals surface area contributed by atoms with Crippen molar-refractivity contribution in [2.45, 2.75) is 13.8 Å². The van der Waals surface area contributed by atoms with E-state index in [-0.39, 0.29) is 11.8 Å². The molecule has 0 unspecified atom stereocenters. The molecule has 6 heteroatoms. The van der Waals surface area contributed by atoms with Crippen molar-refractivity contribution in [2.24, 2.45) is 0 Å². The molecule has 0 aromatic heterocycles. The predicted molar refractivity (Wildman–Crippen MR) is 109 cm³/mol. The number of hydrogen-bond donors (Lipinski definition) is 2. The third kappa shape index (κ3) is 5.82. The topological polar surface area (TPSA) is 70.7 Å². The lowest BCUT2D eigenvalue weighted by Crippen LogP contribution is -2.27. The Labute approximate surface area is 160 Å². The lowest BCUT2D eigenvalue weighted by molar-refractivity contribution is 0.0937. The number of carbonyl (C=O) groups is 2. The number of anilines is 2. The molecule has 2 aromatic carbocycles. The molecule has 0 aliphatic heterocycles. The van der Waals surface area contributed by atoms with E-state index in [0.717, 1.165) is 18.8 Å². The van der Waals surface area contributed by atoms with Gasteiger partial charge >= 0.3 is 0 Å². The van der Waals surface area contributed by atoms with Gasteiger partial charge in [0.05, 0.1) is 6.61 Å². The van der Waals surface area contributed by atoms with Gasteiger partial charge in [0, 0.05) is 49.2 Å². The molecular weight excluding hydrogens is 342 g/mol.